The van der Waals surface area contributed by atoms with Gasteiger partial charge in [-0.1, -0.05) is 0 Å². The van der Waals surface area contributed by atoms with E-state index in [1.165, 1.54) is 7.11 Å². The van der Waals surface area contributed by atoms with E-state index in [2.05, 4.69) is 5.32 Å². The fourth-order valence-electron chi connectivity index (χ4n) is 1.48. The first kappa shape index (κ1) is 12.5. The molecule has 0 fully saturated rings. The molecule has 0 saturated carbocycles. The minimum absolute atomic E-state index is 0.336. The Morgan fingerprint density at radius 3 is 2.62 bits per heavy atom. The molecule has 0 spiro atoms. The highest BCUT2D eigenvalue weighted by atomic mass is 16.5. The predicted octanol–water partition coefficient (Wildman–Crippen LogP) is 2.05. The van der Waals surface area contributed by atoms with Crippen molar-refractivity contribution in [1.82, 2.24) is 0 Å². The Morgan fingerprint density at radius 1 is 1.31 bits per heavy atom. The van der Waals surface area contributed by atoms with E-state index in [-0.39, 0.29) is 5.97 Å². The molecule has 0 heterocycles. The molecule has 4 heteroatoms. The highest BCUT2D eigenvalue weighted by Gasteiger charge is 2.08. The summed E-state index contributed by atoms with van der Waals surface area (Å²) in [5.41, 5.74) is 2.38. The molecular weight excluding hydrogens is 206 g/mol. The standard InChI is InChI=1S/C12H17NO3/c1-4-13-11-6-9(8-15-2)5-10(7-11)12(14)16-3/h5-7,13H,4,8H2,1-3H3. The SMILES string of the molecule is CCNc1cc(COC)cc(C(=O)OC)c1. The van der Waals surface area contributed by atoms with Gasteiger partial charge >= 0.3 is 5.97 Å². The van der Waals surface area contributed by atoms with Crippen molar-refractivity contribution >= 4 is 11.7 Å². The van der Waals surface area contributed by atoms with Gasteiger partial charge in [0.25, 0.3) is 0 Å². The molecule has 0 saturated heterocycles. The minimum Gasteiger partial charge on any atom is -0.465 e. The number of anilines is 1. The summed E-state index contributed by atoms with van der Waals surface area (Å²) in [6, 6.07) is 5.50. The van der Waals surface area contributed by atoms with Crippen molar-refractivity contribution < 1.29 is 14.3 Å². The molecule has 0 aliphatic carbocycles. The van der Waals surface area contributed by atoms with Crippen LogP contribution in [-0.2, 0) is 16.1 Å². The van der Waals surface area contributed by atoms with E-state index in [4.69, 9.17) is 9.47 Å². The van der Waals surface area contributed by atoms with Gasteiger partial charge < -0.3 is 14.8 Å². The van der Waals surface area contributed by atoms with Gasteiger partial charge in [-0.2, -0.15) is 0 Å². The number of carbonyl (C=O) groups excluding carboxylic acids is 1. The van der Waals surface area contributed by atoms with Gasteiger partial charge in [0.2, 0.25) is 0 Å². The summed E-state index contributed by atoms with van der Waals surface area (Å²) >= 11 is 0. The van der Waals surface area contributed by atoms with Crippen molar-refractivity contribution in [2.45, 2.75) is 13.5 Å². The largest absolute Gasteiger partial charge is 0.465 e. The average molecular weight is 223 g/mol. The third-order valence-electron chi connectivity index (χ3n) is 2.11. The smallest absolute Gasteiger partial charge is 0.337 e. The van der Waals surface area contributed by atoms with Gasteiger partial charge in [0.1, 0.15) is 0 Å². The molecule has 1 N–H and O–H groups in total. The van der Waals surface area contributed by atoms with Crippen LogP contribution in [0.15, 0.2) is 18.2 Å². The Balaban J connectivity index is 3.02. The molecule has 0 unspecified atom stereocenters. The maximum absolute atomic E-state index is 11.4. The van der Waals surface area contributed by atoms with Crippen molar-refractivity contribution in [3.8, 4) is 0 Å². The van der Waals surface area contributed by atoms with Gasteiger partial charge in [0, 0.05) is 19.3 Å². The molecule has 1 aromatic carbocycles. The normalized spacial score (nSPS) is 9.94. The summed E-state index contributed by atoms with van der Waals surface area (Å²) in [5.74, 6) is -0.336. The summed E-state index contributed by atoms with van der Waals surface area (Å²) in [6.45, 7) is 3.28. The fraction of sp³-hybridized carbons (Fsp3) is 0.417. The van der Waals surface area contributed by atoms with Crippen LogP contribution >= 0.6 is 0 Å². The van der Waals surface area contributed by atoms with Crippen LogP contribution in [-0.4, -0.2) is 26.7 Å². The average Bonchev–Trinajstić information content (AvgIpc) is 2.28. The van der Waals surface area contributed by atoms with E-state index in [0.29, 0.717) is 12.2 Å². The molecule has 0 atom stereocenters. The highest BCUT2D eigenvalue weighted by molar-refractivity contribution is 5.90. The Hall–Kier alpha value is -1.55. The zero-order chi connectivity index (χ0) is 12.0. The predicted molar refractivity (Wildman–Crippen MR) is 62.7 cm³/mol. The molecule has 0 bridgehead atoms. The second-order valence-electron chi connectivity index (χ2n) is 3.37. The molecule has 0 aliphatic rings. The van der Waals surface area contributed by atoms with Crippen molar-refractivity contribution in [1.29, 1.82) is 0 Å². The molecule has 1 aromatic rings. The number of carbonyl (C=O) groups is 1. The first-order chi connectivity index (χ1) is 7.71. The first-order valence-corrected chi connectivity index (χ1v) is 5.16. The minimum atomic E-state index is -0.336. The maximum Gasteiger partial charge on any atom is 0.337 e. The van der Waals surface area contributed by atoms with Crippen molar-refractivity contribution in [2.75, 3.05) is 26.1 Å². The molecule has 16 heavy (non-hydrogen) atoms. The summed E-state index contributed by atoms with van der Waals surface area (Å²) < 4.78 is 9.74. The first-order valence-electron chi connectivity index (χ1n) is 5.16. The third-order valence-corrected chi connectivity index (χ3v) is 2.11. The maximum atomic E-state index is 11.4. The lowest BCUT2D eigenvalue weighted by Crippen LogP contribution is -2.05. The second-order valence-corrected chi connectivity index (χ2v) is 3.37. The monoisotopic (exact) mass is 223 g/mol. The molecule has 0 radical (unpaired) electrons. The van der Waals surface area contributed by atoms with Crippen LogP contribution in [0.2, 0.25) is 0 Å². The summed E-state index contributed by atoms with van der Waals surface area (Å²) in [6.07, 6.45) is 0. The van der Waals surface area contributed by atoms with Gasteiger partial charge in [-0.05, 0) is 30.7 Å². The second kappa shape index (κ2) is 6.12. The number of hydrogen-bond acceptors (Lipinski definition) is 4. The lowest BCUT2D eigenvalue weighted by atomic mass is 10.1. The van der Waals surface area contributed by atoms with Crippen LogP contribution in [0.1, 0.15) is 22.8 Å². The quantitative estimate of drug-likeness (QED) is 0.776. The zero-order valence-electron chi connectivity index (χ0n) is 9.87. The Labute approximate surface area is 95.6 Å². The van der Waals surface area contributed by atoms with E-state index in [1.807, 2.05) is 13.0 Å². The highest BCUT2D eigenvalue weighted by Crippen LogP contribution is 2.16. The molecular formula is C12H17NO3. The van der Waals surface area contributed by atoms with Crippen molar-refractivity contribution in [2.24, 2.45) is 0 Å². The molecule has 0 amide bonds. The molecule has 4 nitrogen and oxygen atoms in total. The van der Waals surface area contributed by atoms with Crippen LogP contribution in [0.25, 0.3) is 0 Å². The van der Waals surface area contributed by atoms with Crippen LogP contribution in [0, 0.1) is 0 Å². The number of rotatable bonds is 5. The number of hydrogen-bond donors (Lipinski definition) is 1. The van der Waals surface area contributed by atoms with E-state index in [1.54, 1.807) is 19.2 Å². The van der Waals surface area contributed by atoms with Crippen LogP contribution in [0.3, 0.4) is 0 Å². The van der Waals surface area contributed by atoms with Gasteiger partial charge in [-0.3, -0.25) is 0 Å². The molecule has 0 aromatic heterocycles. The molecule has 1 rings (SSSR count). The van der Waals surface area contributed by atoms with Gasteiger partial charge in [-0.15, -0.1) is 0 Å². The number of methoxy groups -OCH3 is 2. The summed E-state index contributed by atoms with van der Waals surface area (Å²) in [4.78, 5) is 11.4. The number of benzene rings is 1. The summed E-state index contributed by atoms with van der Waals surface area (Å²) in [7, 11) is 3.00. The zero-order valence-corrected chi connectivity index (χ0v) is 9.87. The Bertz CT molecular complexity index is 339. The third kappa shape index (κ3) is 3.24. The van der Waals surface area contributed by atoms with Crippen LogP contribution in [0.5, 0.6) is 0 Å². The van der Waals surface area contributed by atoms with E-state index >= 15 is 0 Å². The topological polar surface area (TPSA) is 47.6 Å². The molecule has 88 valence electrons. The lowest BCUT2D eigenvalue weighted by Gasteiger charge is -2.09. The number of ether oxygens (including phenoxy) is 2. The van der Waals surface area contributed by atoms with Crippen LogP contribution < -0.4 is 5.32 Å². The van der Waals surface area contributed by atoms with E-state index < -0.39 is 0 Å². The van der Waals surface area contributed by atoms with Gasteiger partial charge in [0.05, 0.1) is 19.3 Å². The van der Waals surface area contributed by atoms with Gasteiger partial charge in [0.15, 0.2) is 0 Å². The van der Waals surface area contributed by atoms with Crippen LogP contribution in [0.4, 0.5) is 5.69 Å². The van der Waals surface area contributed by atoms with E-state index in [0.717, 1.165) is 17.8 Å². The molecule has 0 aliphatic heterocycles. The van der Waals surface area contributed by atoms with Crippen molar-refractivity contribution in [3.05, 3.63) is 29.3 Å². The number of nitrogens with one attached hydrogen (secondary N) is 1. The summed E-state index contributed by atoms with van der Waals surface area (Å²) in [5, 5.41) is 3.16. The number of esters is 1. The van der Waals surface area contributed by atoms with Gasteiger partial charge in [-0.25, -0.2) is 4.79 Å². The van der Waals surface area contributed by atoms with Crippen molar-refractivity contribution in [3.63, 3.8) is 0 Å². The van der Waals surface area contributed by atoms with E-state index in [9.17, 15) is 4.79 Å². The lowest BCUT2D eigenvalue weighted by molar-refractivity contribution is 0.0600. The fourth-order valence-corrected chi connectivity index (χ4v) is 1.48. The Morgan fingerprint density at radius 2 is 2.06 bits per heavy atom. The Kier molecular flexibility index (Phi) is 4.79.